The summed E-state index contributed by atoms with van der Waals surface area (Å²) < 4.78 is 5.20. The first-order valence-corrected chi connectivity index (χ1v) is 11.1. The van der Waals surface area contributed by atoms with Gasteiger partial charge in [-0.05, 0) is 49.8 Å². The quantitative estimate of drug-likeness (QED) is 0.420. The van der Waals surface area contributed by atoms with E-state index in [1.165, 1.54) is 24.8 Å². The molecule has 1 aromatic carbocycles. The number of aliphatic imine (C=N–C) groups is 1. The van der Waals surface area contributed by atoms with Gasteiger partial charge in [0.15, 0.2) is 5.96 Å². The third-order valence-corrected chi connectivity index (χ3v) is 6.11. The fourth-order valence-electron chi connectivity index (χ4n) is 4.37. The highest BCUT2D eigenvalue weighted by atomic mass is 16.5. The Kier molecular flexibility index (Phi) is 8.20. The molecule has 0 aromatic heterocycles. The van der Waals surface area contributed by atoms with Gasteiger partial charge in [-0.2, -0.15) is 0 Å². The number of hydrogen-bond donors (Lipinski definition) is 2. The molecule has 1 saturated heterocycles. The van der Waals surface area contributed by atoms with E-state index in [0.29, 0.717) is 5.91 Å². The summed E-state index contributed by atoms with van der Waals surface area (Å²) in [6, 6.07) is 8.52. The molecule has 0 spiro atoms. The van der Waals surface area contributed by atoms with E-state index in [1.807, 2.05) is 12.1 Å². The molecule has 1 amide bonds. The van der Waals surface area contributed by atoms with Crippen molar-refractivity contribution in [1.29, 1.82) is 0 Å². The molecule has 3 rings (SSSR count). The van der Waals surface area contributed by atoms with Crippen LogP contribution in [0.3, 0.4) is 0 Å². The van der Waals surface area contributed by atoms with Crippen LogP contribution in [-0.2, 0) is 11.2 Å². The van der Waals surface area contributed by atoms with Gasteiger partial charge in [-0.25, -0.2) is 0 Å². The summed E-state index contributed by atoms with van der Waals surface area (Å²) in [6.45, 7) is 2.52. The summed E-state index contributed by atoms with van der Waals surface area (Å²) in [7, 11) is 3.49. The second kappa shape index (κ2) is 11.1. The maximum atomic E-state index is 12.7. The van der Waals surface area contributed by atoms with E-state index in [0.717, 1.165) is 63.4 Å². The number of nitrogens with one attached hydrogen (secondary N) is 2. The second-order valence-electron chi connectivity index (χ2n) is 8.20. The summed E-state index contributed by atoms with van der Waals surface area (Å²) in [5, 5.41) is 6.90. The van der Waals surface area contributed by atoms with Gasteiger partial charge in [0.25, 0.3) is 0 Å². The monoisotopic (exact) mass is 400 g/mol. The molecular formula is C23H36N4O2. The molecular weight excluding hydrogens is 364 g/mol. The van der Waals surface area contributed by atoms with Crippen LogP contribution in [0.25, 0.3) is 0 Å². The Morgan fingerprint density at radius 3 is 2.62 bits per heavy atom. The van der Waals surface area contributed by atoms with Crippen LogP contribution < -0.4 is 15.4 Å². The summed E-state index contributed by atoms with van der Waals surface area (Å²) >= 11 is 0. The number of ether oxygens (including phenoxy) is 1. The molecule has 0 bridgehead atoms. The predicted octanol–water partition coefficient (Wildman–Crippen LogP) is 2.97. The molecule has 6 heteroatoms. The number of nitrogens with zero attached hydrogens (tertiary/aromatic N) is 2. The molecule has 2 fully saturated rings. The summed E-state index contributed by atoms with van der Waals surface area (Å²) in [5.41, 5.74) is 1.31. The van der Waals surface area contributed by atoms with Crippen molar-refractivity contribution in [3.8, 4) is 5.75 Å². The van der Waals surface area contributed by atoms with Crippen LogP contribution in [0.2, 0.25) is 0 Å². The van der Waals surface area contributed by atoms with E-state index < -0.39 is 0 Å². The first-order chi connectivity index (χ1) is 14.2. The van der Waals surface area contributed by atoms with Gasteiger partial charge in [0.05, 0.1) is 7.11 Å². The molecule has 1 aliphatic heterocycles. The molecule has 1 aromatic rings. The highest BCUT2D eigenvalue weighted by molar-refractivity contribution is 5.81. The van der Waals surface area contributed by atoms with Crippen molar-refractivity contribution in [2.75, 3.05) is 33.8 Å². The van der Waals surface area contributed by atoms with Crippen molar-refractivity contribution in [3.05, 3.63) is 29.8 Å². The van der Waals surface area contributed by atoms with Gasteiger partial charge in [0, 0.05) is 38.6 Å². The summed E-state index contributed by atoms with van der Waals surface area (Å²) in [6.07, 6.45) is 8.89. The topological polar surface area (TPSA) is 66.0 Å². The lowest BCUT2D eigenvalue weighted by molar-refractivity contribution is -0.135. The first-order valence-electron chi connectivity index (χ1n) is 11.1. The molecule has 1 heterocycles. The van der Waals surface area contributed by atoms with Gasteiger partial charge in [-0.3, -0.25) is 9.79 Å². The minimum atomic E-state index is 0.262. The van der Waals surface area contributed by atoms with Gasteiger partial charge in [-0.1, -0.05) is 31.4 Å². The Hall–Kier alpha value is -2.24. The predicted molar refractivity (Wildman–Crippen MR) is 117 cm³/mol. The normalized spacial score (nSPS) is 20.6. The lowest BCUT2D eigenvalue weighted by atomic mass is 9.88. The number of aryl methyl sites for hydroxylation is 1. The largest absolute Gasteiger partial charge is 0.497 e. The van der Waals surface area contributed by atoms with Crippen molar-refractivity contribution < 1.29 is 9.53 Å². The van der Waals surface area contributed by atoms with Crippen LogP contribution >= 0.6 is 0 Å². The fourth-order valence-corrected chi connectivity index (χ4v) is 4.37. The zero-order valence-electron chi connectivity index (χ0n) is 18.0. The third kappa shape index (κ3) is 6.38. The van der Waals surface area contributed by atoms with Crippen LogP contribution in [0.1, 0.15) is 50.5 Å². The van der Waals surface area contributed by atoms with Gasteiger partial charge in [0.1, 0.15) is 5.75 Å². The average molecular weight is 401 g/mol. The highest BCUT2D eigenvalue weighted by Gasteiger charge is 2.31. The third-order valence-electron chi connectivity index (χ3n) is 6.11. The minimum Gasteiger partial charge on any atom is -0.497 e. The number of methoxy groups -OCH3 is 1. The van der Waals surface area contributed by atoms with Crippen molar-refractivity contribution in [2.45, 2.75) is 57.4 Å². The van der Waals surface area contributed by atoms with Crippen molar-refractivity contribution in [1.82, 2.24) is 15.5 Å². The van der Waals surface area contributed by atoms with Crippen LogP contribution in [0.5, 0.6) is 5.75 Å². The molecule has 1 atom stereocenters. The summed E-state index contributed by atoms with van der Waals surface area (Å²) in [4.78, 5) is 19.1. The second-order valence-corrected chi connectivity index (χ2v) is 8.20. The first kappa shape index (κ1) is 21.5. The zero-order chi connectivity index (χ0) is 20.5. The van der Waals surface area contributed by atoms with Crippen LogP contribution in [0, 0.1) is 5.92 Å². The average Bonchev–Trinajstić information content (AvgIpc) is 3.24. The Bertz CT molecular complexity index is 668. The molecule has 29 heavy (non-hydrogen) atoms. The molecule has 6 nitrogen and oxygen atoms in total. The maximum Gasteiger partial charge on any atom is 0.225 e. The standard InChI is InChI=1S/C23H36N4O2/c1-24-23(25-15-6-7-18-10-12-21(29-2)13-11-18)26-20-14-16-27(17-20)22(28)19-8-4-3-5-9-19/h10-13,19-20H,3-9,14-17H2,1-2H3,(H2,24,25,26). The molecule has 0 radical (unpaired) electrons. The van der Waals surface area contributed by atoms with Crippen LogP contribution in [-0.4, -0.2) is 56.6 Å². The SMILES string of the molecule is CN=C(NCCCc1ccc(OC)cc1)NC1CCN(C(=O)C2CCCCC2)C1. The van der Waals surface area contributed by atoms with Gasteiger partial charge in [-0.15, -0.1) is 0 Å². The number of benzene rings is 1. The molecule has 2 aliphatic rings. The molecule has 160 valence electrons. The van der Waals surface area contributed by atoms with Crippen LogP contribution in [0.4, 0.5) is 0 Å². The molecule has 1 saturated carbocycles. The Labute approximate surface area is 175 Å². The van der Waals surface area contributed by atoms with Gasteiger partial charge < -0.3 is 20.3 Å². The minimum absolute atomic E-state index is 0.262. The van der Waals surface area contributed by atoms with Crippen molar-refractivity contribution in [3.63, 3.8) is 0 Å². The van der Waals surface area contributed by atoms with Gasteiger partial charge >= 0.3 is 0 Å². The number of hydrogen-bond acceptors (Lipinski definition) is 3. The smallest absolute Gasteiger partial charge is 0.225 e. The number of rotatable bonds is 7. The lowest BCUT2D eigenvalue weighted by Gasteiger charge is -2.26. The van der Waals surface area contributed by atoms with E-state index in [-0.39, 0.29) is 12.0 Å². The van der Waals surface area contributed by atoms with Crippen LogP contribution in [0.15, 0.2) is 29.3 Å². The van der Waals surface area contributed by atoms with E-state index in [2.05, 4.69) is 32.7 Å². The zero-order valence-corrected chi connectivity index (χ0v) is 18.0. The number of guanidine groups is 1. The van der Waals surface area contributed by atoms with E-state index in [9.17, 15) is 4.79 Å². The summed E-state index contributed by atoms with van der Waals surface area (Å²) in [5.74, 6) is 2.36. The maximum absolute atomic E-state index is 12.7. The Balaban J connectivity index is 1.36. The van der Waals surface area contributed by atoms with Crippen molar-refractivity contribution >= 4 is 11.9 Å². The van der Waals surface area contributed by atoms with E-state index >= 15 is 0 Å². The fraction of sp³-hybridized carbons (Fsp3) is 0.652. The van der Waals surface area contributed by atoms with Gasteiger partial charge in [0.2, 0.25) is 5.91 Å². The van der Waals surface area contributed by atoms with E-state index in [1.54, 1.807) is 14.2 Å². The molecule has 1 aliphatic carbocycles. The Morgan fingerprint density at radius 2 is 1.93 bits per heavy atom. The number of amides is 1. The molecule has 2 N–H and O–H groups in total. The lowest BCUT2D eigenvalue weighted by Crippen LogP contribution is -2.45. The van der Waals surface area contributed by atoms with E-state index in [4.69, 9.17) is 4.74 Å². The number of likely N-dealkylation sites (tertiary alicyclic amines) is 1. The molecule has 1 unspecified atom stereocenters. The number of carbonyl (C=O) groups excluding carboxylic acids is 1. The Morgan fingerprint density at radius 1 is 1.17 bits per heavy atom. The number of carbonyl (C=O) groups is 1. The van der Waals surface area contributed by atoms with Crippen molar-refractivity contribution in [2.24, 2.45) is 10.9 Å². The highest BCUT2D eigenvalue weighted by Crippen LogP contribution is 2.26.